The van der Waals surface area contributed by atoms with Crippen LogP contribution in [0.25, 0.3) is 6.08 Å². The van der Waals surface area contributed by atoms with Crippen LogP contribution in [0.15, 0.2) is 48.1 Å². The van der Waals surface area contributed by atoms with Crippen LogP contribution in [0.3, 0.4) is 0 Å². The second-order valence-corrected chi connectivity index (χ2v) is 12.5. The van der Waals surface area contributed by atoms with Crippen molar-refractivity contribution in [3.63, 3.8) is 0 Å². The molecule has 1 aromatic carbocycles. The second kappa shape index (κ2) is 9.24. The Morgan fingerprint density at radius 1 is 1.06 bits per heavy atom. The first kappa shape index (κ1) is 23.2. The molecule has 0 unspecified atom stereocenters. The average Bonchev–Trinajstić information content (AvgIpc) is 3.16. The zero-order valence-electron chi connectivity index (χ0n) is 20.0. The minimum absolute atomic E-state index is 0.381. The summed E-state index contributed by atoms with van der Waals surface area (Å²) in [5.74, 6) is 4.14. The summed E-state index contributed by atoms with van der Waals surface area (Å²) in [6.07, 6.45) is 18.5. The Morgan fingerprint density at radius 3 is 2.66 bits per heavy atom. The fraction of sp³-hybridized carbons (Fsp3) is 0.655. The number of allylic oxidation sites excluding steroid dienone is 2. The van der Waals surface area contributed by atoms with E-state index in [1.54, 1.807) is 5.57 Å². The van der Waals surface area contributed by atoms with Crippen molar-refractivity contribution in [3.05, 3.63) is 53.6 Å². The molecule has 1 aromatic rings. The van der Waals surface area contributed by atoms with Gasteiger partial charge in [0.2, 0.25) is 0 Å². The van der Waals surface area contributed by atoms with Gasteiger partial charge in [0, 0.05) is 0 Å². The van der Waals surface area contributed by atoms with Crippen molar-refractivity contribution in [1.29, 1.82) is 0 Å². The Kier molecular flexibility index (Phi) is 6.70. The predicted octanol–water partition coefficient (Wildman–Crippen LogP) is 8.36. The molecule has 0 heterocycles. The minimum atomic E-state index is 0.381. The molecule has 0 bridgehead atoms. The van der Waals surface area contributed by atoms with Crippen molar-refractivity contribution in [2.75, 3.05) is 0 Å². The van der Waals surface area contributed by atoms with Gasteiger partial charge in [0.25, 0.3) is 0 Å². The maximum absolute atomic E-state index is 5.88. The average molecular weight is 468 g/mol. The van der Waals surface area contributed by atoms with Gasteiger partial charge in [-0.25, -0.2) is 0 Å². The monoisotopic (exact) mass is 467 g/mol. The van der Waals surface area contributed by atoms with E-state index in [1.165, 1.54) is 50.5 Å². The van der Waals surface area contributed by atoms with Crippen molar-refractivity contribution in [1.82, 2.24) is 0 Å². The van der Waals surface area contributed by atoms with Crippen LogP contribution in [0.4, 0.5) is 0 Å². The van der Waals surface area contributed by atoms with Gasteiger partial charge in [-0.1, -0.05) is 49.4 Å². The number of fused-ring (bicyclic) bond motifs is 5. The summed E-state index contributed by atoms with van der Waals surface area (Å²) in [5, 5.41) is 0. The molecule has 3 fully saturated rings. The van der Waals surface area contributed by atoms with E-state index in [0.717, 1.165) is 41.1 Å². The Morgan fingerprint density at radius 2 is 1.88 bits per heavy atom. The summed E-state index contributed by atoms with van der Waals surface area (Å²) in [6.45, 7) is 7.74. The van der Waals surface area contributed by atoms with Gasteiger partial charge in [-0.05, 0) is 5.56 Å². The van der Waals surface area contributed by atoms with Crippen LogP contribution in [0.2, 0.25) is 0 Å². The summed E-state index contributed by atoms with van der Waals surface area (Å²) in [7, 11) is 4.28. The normalized spacial score (nSPS) is 42.1. The summed E-state index contributed by atoms with van der Waals surface area (Å²) < 4.78 is 5.88. The predicted molar refractivity (Wildman–Crippen MR) is 140 cm³/mol. The van der Waals surface area contributed by atoms with E-state index in [9.17, 15) is 0 Å². The Balaban J connectivity index is 1.34. The van der Waals surface area contributed by atoms with Crippen LogP contribution < -0.4 is 0 Å². The number of hydrogen-bond acceptors (Lipinski definition) is 2. The molecule has 4 aliphatic carbocycles. The van der Waals surface area contributed by atoms with E-state index < -0.39 is 0 Å². The van der Waals surface area contributed by atoms with E-state index >= 15 is 0 Å². The van der Waals surface area contributed by atoms with Crippen molar-refractivity contribution < 1.29 is 4.18 Å². The molecule has 0 radical (unpaired) electrons. The molecule has 32 heavy (non-hydrogen) atoms. The molecular weight excluding hydrogens is 427 g/mol. The molecule has 0 saturated heterocycles. The van der Waals surface area contributed by atoms with E-state index in [-0.39, 0.29) is 0 Å². The molecule has 0 N–H and O–H groups in total. The van der Waals surface area contributed by atoms with Gasteiger partial charge in [0.05, 0.1) is 0 Å². The van der Waals surface area contributed by atoms with Gasteiger partial charge < -0.3 is 0 Å². The van der Waals surface area contributed by atoms with Crippen LogP contribution in [-0.2, 0) is 15.2 Å². The Labute approximate surface area is 201 Å². The van der Waals surface area contributed by atoms with Crippen LogP contribution in [0.5, 0.6) is 0 Å². The van der Waals surface area contributed by atoms with E-state index in [1.807, 2.05) is 0 Å². The van der Waals surface area contributed by atoms with Gasteiger partial charge in [-0.15, -0.1) is 0 Å². The second-order valence-electron chi connectivity index (χ2n) is 11.7. The topological polar surface area (TPSA) is 9.23 Å². The molecule has 5 rings (SSSR count). The molecule has 174 valence electrons. The zero-order valence-corrected chi connectivity index (χ0v) is 21.8. The van der Waals surface area contributed by atoms with E-state index in [2.05, 4.69) is 77.1 Å². The summed E-state index contributed by atoms with van der Waals surface area (Å²) in [4.78, 5) is 0. The molecule has 0 amide bonds. The van der Waals surface area contributed by atoms with Crippen LogP contribution in [-0.4, -0.2) is 6.10 Å². The molecule has 4 aliphatic rings. The van der Waals surface area contributed by atoms with Gasteiger partial charge in [0.15, 0.2) is 0 Å². The first-order valence-corrected chi connectivity index (χ1v) is 14.8. The van der Waals surface area contributed by atoms with E-state index in [0.29, 0.717) is 22.9 Å². The quantitative estimate of drug-likeness (QED) is 0.187. The molecule has 0 aliphatic heterocycles. The molecular formula is C29H40OPS-. The molecule has 3 saturated carbocycles. The van der Waals surface area contributed by atoms with Gasteiger partial charge in [-0.2, -0.15) is 0 Å². The third-order valence-electron chi connectivity index (χ3n) is 10.4. The van der Waals surface area contributed by atoms with E-state index in [4.69, 9.17) is 4.18 Å². The number of thiol groups is 1. The molecule has 8 atom stereocenters. The summed E-state index contributed by atoms with van der Waals surface area (Å²) in [5.41, 5.74) is 3.96. The van der Waals surface area contributed by atoms with Crippen molar-refractivity contribution in [3.8, 4) is 0 Å². The number of rotatable bonds is 4. The third-order valence-corrected chi connectivity index (χ3v) is 11.0. The van der Waals surface area contributed by atoms with Crippen molar-refractivity contribution in [2.45, 2.75) is 78.2 Å². The van der Waals surface area contributed by atoms with Crippen LogP contribution >= 0.6 is 7.81 Å². The van der Waals surface area contributed by atoms with Gasteiger partial charge >= 0.3 is 146 Å². The SMILES string of the molecule is C[C@H](/C=C/c1ccccc1)[C@H]1CC[C@H]2[C@@H]3CC=C4C[C@@H](O[SH-]#P)CC[C@]4(C)[C@H]3CC[C@]12C. The third kappa shape index (κ3) is 3.97. The number of hydrogen-bond donors (Lipinski definition) is 0. The van der Waals surface area contributed by atoms with Gasteiger partial charge in [0.1, 0.15) is 0 Å². The Bertz CT molecular complexity index is 932. The summed E-state index contributed by atoms with van der Waals surface area (Å²) in [6, 6.07) is 10.8. The molecule has 0 aromatic heterocycles. The fourth-order valence-corrected chi connectivity index (χ4v) is 9.36. The van der Waals surface area contributed by atoms with Crippen molar-refractivity contribution in [2.24, 2.45) is 40.4 Å². The summed E-state index contributed by atoms with van der Waals surface area (Å²) >= 11 is 0.786. The van der Waals surface area contributed by atoms with Crippen molar-refractivity contribution >= 4 is 24.9 Å². The first-order valence-electron chi connectivity index (χ1n) is 12.9. The molecule has 1 nitrogen and oxygen atoms in total. The Hall–Kier alpha value is -0.560. The standard InChI is InChI=1S/C29H40OPS/c1-20(9-10-21-7-5-4-6-8-21)25-13-14-26-24-12-11-22-19-23(30-32-31)15-17-28(22,2)27(24)16-18-29(25,26)3/h4-11,20,23-27,32H,12-19H2,1-3H3/q-1/b10-9+/t20-,23+,24+,25-,26+,27+,28+,29-/m1/s1. The fourth-order valence-electron chi connectivity index (χ4n) is 8.65. The number of benzene rings is 1. The maximum atomic E-state index is 5.88. The molecule has 0 spiro atoms. The first-order chi connectivity index (χ1) is 15.5. The molecule has 3 heteroatoms. The zero-order chi connectivity index (χ0) is 22.3. The van der Waals surface area contributed by atoms with Crippen LogP contribution in [0.1, 0.15) is 77.7 Å². The van der Waals surface area contributed by atoms with Gasteiger partial charge in [-0.3, -0.25) is 0 Å². The van der Waals surface area contributed by atoms with Crippen LogP contribution in [0, 0.1) is 40.4 Å².